The molecule has 0 atom stereocenters. The predicted octanol–water partition coefficient (Wildman–Crippen LogP) is 2.13. The number of methoxy groups -OCH3 is 1. The minimum absolute atomic E-state index is 0.299. The molecule has 0 aromatic carbocycles. The summed E-state index contributed by atoms with van der Waals surface area (Å²) in [5.41, 5.74) is 2.23. The van der Waals surface area contributed by atoms with Crippen LogP contribution in [0.15, 0.2) is 11.4 Å². The Morgan fingerprint density at radius 3 is 2.74 bits per heavy atom. The molecule has 2 rings (SSSR count). The van der Waals surface area contributed by atoms with Gasteiger partial charge in [-0.2, -0.15) is 5.10 Å². The van der Waals surface area contributed by atoms with E-state index in [0.29, 0.717) is 27.5 Å². The van der Waals surface area contributed by atoms with E-state index in [1.807, 2.05) is 0 Å². The predicted molar refractivity (Wildman–Crippen MR) is 71.7 cm³/mol. The minimum atomic E-state index is -0.467. The zero-order chi connectivity index (χ0) is 14.0. The average molecular weight is 279 g/mol. The number of nitrogens with zero attached hydrogens (tertiary/aromatic N) is 1. The van der Waals surface area contributed by atoms with Crippen LogP contribution in [0.5, 0.6) is 0 Å². The number of thiophene rings is 1. The van der Waals surface area contributed by atoms with Gasteiger partial charge in [0.2, 0.25) is 0 Å². The topological polar surface area (TPSA) is 84.1 Å². The maximum atomic E-state index is 12.2. The third-order valence-corrected chi connectivity index (χ3v) is 3.53. The number of carbonyl (C=O) groups excluding carboxylic acids is 2. The van der Waals surface area contributed by atoms with E-state index in [1.54, 1.807) is 25.3 Å². The fourth-order valence-corrected chi connectivity index (χ4v) is 2.49. The molecule has 1 amide bonds. The SMILES string of the molecule is COC(=O)c1sccc1NC(=O)c1c(C)n[nH]c1C. The van der Waals surface area contributed by atoms with Gasteiger partial charge in [0.05, 0.1) is 24.1 Å². The maximum Gasteiger partial charge on any atom is 0.350 e. The molecule has 2 heterocycles. The summed E-state index contributed by atoms with van der Waals surface area (Å²) in [7, 11) is 1.30. The summed E-state index contributed by atoms with van der Waals surface area (Å²) >= 11 is 1.22. The fourth-order valence-electron chi connectivity index (χ4n) is 1.73. The highest BCUT2D eigenvalue weighted by atomic mass is 32.1. The Labute approximate surface area is 113 Å². The molecule has 0 fully saturated rings. The highest BCUT2D eigenvalue weighted by Crippen LogP contribution is 2.24. The lowest BCUT2D eigenvalue weighted by molar-refractivity contribution is 0.0607. The number of nitrogens with one attached hydrogen (secondary N) is 2. The van der Waals surface area contributed by atoms with Gasteiger partial charge in [-0.05, 0) is 25.3 Å². The van der Waals surface area contributed by atoms with Gasteiger partial charge in [-0.3, -0.25) is 9.89 Å². The van der Waals surface area contributed by atoms with Gasteiger partial charge in [0.25, 0.3) is 5.91 Å². The van der Waals surface area contributed by atoms with Crippen molar-refractivity contribution in [3.8, 4) is 0 Å². The molecule has 2 N–H and O–H groups in total. The Kier molecular flexibility index (Phi) is 3.66. The van der Waals surface area contributed by atoms with Crippen LogP contribution in [0.1, 0.15) is 31.4 Å². The van der Waals surface area contributed by atoms with Gasteiger partial charge >= 0.3 is 5.97 Å². The first-order valence-corrected chi connectivity index (χ1v) is 6.41. The molecule has 100 valence electrons. The third kappa shape index (κ3) is 2.50. The molecule has 0 saturated heterocycles. The van der Waals surface area contributed by atoms with Crippen LogP contribution in [0.2, 0.25) is 0 Å². The second-order valence-electron chi connectivity index (χ2n) is 3.92. The largest absolute Gasteiger partial charge is 0.465 e. The number of hydrogen-bond acceptors (Lipinski definition) is 5. The Morgan fingerprint density at radius 2 is 2.16 bits per heavy atom. The molecule has 7 heteroatoms. The molecule has 6 nitrogen and oxygen atoms in total. The molecular formula is C12H13N3O3S. The highest BCUT2D eigenvalue weighted by Gasteiger charge is 2.19. The standard InChI is InChI=1S/C12H13N3O3S/c1-6-9(7(2)15-14-6)11(16)13-8-4-5-19-10(8)12(17)18-3/h4-5H,1-3H3,(H,13,16)(H,14,15). The number of esters is 1. The monoisotopic (exact) mass is 279 g/mol. The Balaban J connectivity index is 2.25. The second kappa shape index (κ2) is 5.23. The summed E-state index contributed by atoms with van der Waals surface area (Å²) < 4.78 is 4.66. The highest BCUT2D eigenvalue weighted by molar-refractivity contribution is 7.12. The summed E-state index contributed by atoms with van der Waals surface area (Å²) in [6, 6.07) is 1.67. The maximum absolute atomic E-state index is 12.2. The van der Waals surface area contributed by atoms with E-state index in [1.165, 1.54) is 18.4 Å². The molecule has 0 spiro atoms. The first kappa shape index (κ1) is 13.3. The van der Waals surface area contributed by atoms with Gasteiger partial charge < -0.3 is 10.1 Å². The Hall–Kier alpha value is -2.15. The number of carbonyl (C=O) groups is 2. The van der Waals surface area contributed by atoms with Gasteiger partial charge in [-0.25, -0.2) is 4.79 Å². The van der Waals surface area contributed by atoms with Gasteiger partial charge in [0.15, 0.2) is 0 Å². The summed E-state index contributed by atoms with van der Waals surface area (Å²) in [4.78, 5) is 24.0. The van der Waals surface area contributed by atoms with Crippen molar-refractivity contribution in [2.75, 3.05) is 12.4 Å². The van der Waals surface area contributed by atoms with Gasteiger partial charge in [0.1, 0.15) is 4.88 Å². The van der Waals surface area contributed by atoms with E-state index < -0.39 is 5.97 Å². The van der Waals surface area contributed by atoms with E-state index in [0.717, 1.165) is 0 Å². The normalized spacial score (nSPS) is 10.3. The smallest absolute Gasteiger partial charge is 0.350 e. The zero-order valence-corrected chi connectivity index (χ0v) is 11.6. The number of aryl methyl sites for hydroxylation is 2. The van der Waals surface area contributed by atoms with E-state index in [4.69, 9.17) is 0 Å². The quantitative estimate of drug-likeness (QED) is 0.843. The number of hydrogen-bond donors (Lipinski definition) is 2. The molecule has 2 aromatic heterocycles. The van der Waals surface area contributed by atoms with Crippen LogP contribution in [0.3, 0.4) is 0 Å². The molecule has 0 unspecified atom stereocenters. The van der Waals surface area contributed by atoms with E-state index in [-0.39, 0.29) is 5.91 Å². The van der Waals surface area contributed by atoms with Crippen LogP contribution in [-0.2, 0) is 4.74 Å². The van der Waals surface area contributed by atoms with E-state index >= 15 is 0 Å². The first-order chi connectivity index (χ1) is 9.04. The van der Waals surface area contributed by atoms with Crippen molar-refractivity contribution in [3.05, 3.63) is 33.3 Å². The first-order valence-electron chi connectivity index (χ1n) is 5.53. The fraction of sp³-hybridized carbons (Fsp3) is 0.250. The van der Waals surface area contributed by atoms with Crippen LogP contribution >= 0.6 is 11.3 Å². The van der Waals surface area contributed by atoms with Crippen LogP contribution in [-0.4, -0.2) is 29.2 Å². The van der Waals surface area contributed by atoms with Gasteiger partial charge in [-0.1, -0.05) is 0 Å². The number of rotatable bonds is 3. The number of H-pyrrole nitrogens is 1. The molecule has 0 radical (unpaired) electrons. The van der Waals surface area contributed by atoms with Gasteiger partial charge in [0, 0.05) is 5.69 Å². The lowest BCUT2D eigenvalue weighted by Gasteiger charge is -2.05. The lowest BCUT2D eigenvalue weighted by atomic mass is 10.2. The lowest BCUT2D eigenvalue weighted by Crippen LogP contribution is -2.15. The Bertz CT molecular complexity index is 610. The van der Waals surface area contributed by atoms with Crippen molar-refractivity contribution in [2.24, 2.45) is 0 Å². The van der Waals surface area contributed by atoms with Crippen LogP contribution in [0.25, 0.3) is 0 Å². The number of ether oxygens (including phenoxy) is 1. The molecule has 19 heavy (non-hydrogen) atoms. The number of anilines is 1. The summed E-state index contributed by atoms with van der Waals surface area (Å²) in [6.45, 7) is 3.51. The van der Waals surface area contributed by atoms with Crippen LogP contribution in [0, 0.1) is 13.8 Å². The molecule has 2 aromatic rings. The summed E-state index contributed by atoms with van der Waals surface area (Å²) in [5, 5.41) is 11.1. The molecule has 0 saturated carbocycles. The van der Waals surface area contributed by atoms with Crippen molar-refractivity contribution in [3.63, 3.8) is 0 Å². The average Bonchev–Trinajstić information content (AvgIpc) is 2.95. The van der Waals surface area contributed by atoms with Gasteiger partial charge in [-0.15, -0.1) is 11.3 Å². The molecule has 0 bridgehead atoms. The second-order valence-corrected chi connectivity index (χ2v) is 4.83. The Morgan fingerprint density at radius 1 is 1.42 bits per heavy atom. The van der Waals surface area contributed by atoms with Crippen molar-refractivity contribution < 1.29 is 14.3 Å². The molecule has 0 aliphatic heterocycles. The van der Waals surface area contributed by atoms with Crippen molar-refractivity contribution in [1.29, 1.82) is 0 Å². The van der Waals surface area contributed by atoms with Crippen molar-refractivity contribution >= 4 is 28.9 Å². The van der Waals surface area contributed by atoms with Crippen molar-refractivity contribution in [1.82, 2.24) is 10.2 Å². The summed E-state index contributed by atoms with van der Waals surface area (Å²) in [6.07, 6.45) is 0. The zero-order valence-electron chi connectivity index (χ0n) is 10.7. The molecule has 0 aliphatic carbocycles. The van der Waals surface area contributed by atoms with Crippen LogP contribution in [0.4, 0.5) is 5.69 Å². The third-order valence-electron chi connectivity index (χ3n) is 2.64. The molecular weight excluding hydrogens is 266 g/mol. The summed E-state index contributed by atoms with van der Waals surface area (Å²) in [5.74, 6) is -0.766. The van der Waals surface area contributed by atoms with Crippen LogP contribution < -0.4 is 5.32 Å². The molecule has 0 aliphatic rings. The van der Waals surface area contributed by atoms with E-state index in [9.17, 15) is 9.59 Å². The number of amides is 1. The number of aromatic amines is 1. The minimum Gasteiger partial charge on any atom is -0.465 e. The van der Waals surface area contributed by atoms with E-state index in [2.05, 4.69) is 20.3 Å². The number of aromatic nitrogens is 2. The van der Waals surface area contributed by atoms with Crippen molar-refractivity contribution in [2.45, 2.75) is 13.8 Å².